The van der Waals surface area contributed by atoms with Crippen molar-refractivity contribution in [2.75, 3.05) is 47.5 Å². The second-order valence-electron chi connectivity index (χ2n) is 14.3. The molecule has 0 amide bonds. The minimum atomic E-state index is -4.63. The first kappa shape index (κ1) is 50.5. The Morgan fingerprint density at radius 3 is 1.60 bits per heavy atom. The fourth-order valence-corrected chi connectivity index (χ4v) is 5.56. The predicted molar refractivity (Wildman–Crippen MR) is 217 cm³/mol. The fraction of sp³-hybridized carbons (Fsp3) is 0.674. The van der Waals surface area contributed by atoms with Crippen LogP contribution in [-0.4, -0.2) is 70.0 Å². The SMILES string of the molecule is CC/C=C\C/C=C\C/C=C\C/C=C\C/C=C\C/C=C\CCCCC(=O)OC(COC(=O)CCCCCCCCCC)COP(=O)([O-])OCC[N+](C)(C)C. The molecule has 0 aromatic carbocycles. The van der Waals surface area contributed by atoms with Gasteiger partial charge in [0.05, 0.1) is 27.7 Å². The van der Waals surface area contributed by atoms with E-state index in [4.69, 9.17) is 18.5 Å². The number of rotatable bonds is 35. The van der Waals surface area contributed by atoms with Crippen molar-refractivity contribution in [1.29, 1.82) is 0 Å². The standard InChI is InChI=1S/C43H74NO8P/c1-6-8-10-12-14-16-17-18-19-20-21-22-23-24-25-26-27-28-30-32-34-36-43(46)52-41(40-51-53(47,48)50-38-37-44(3,4)5)39-49-42(45)35-33-31-29-15-13-11-9-7-2/h8,10,14,16,18-19,21-22,24-25,27-28,41H,6-7,9,11-13,15,17,20,23,26,29-40H2,1-5H3/b10-8-,16-14-,19-18-,22-21-,25-24-,28-27-. The van der Waals surface area contributed by atoms with Crippen LogP contribution in [0, 0.1) is 0 Å². The van der Waals surface area contributed by atoms with Crippen LogP contribution in [0.2, 0.25) is 0 Å². The minimum Gasteiger partial charge on any atom is -0.756 e. The molecule has 0 aliphatic carbocycles. The molecule has 0 bridgehead atoms. The van der Waals surface area contributed by atoms with Crippen LogP contribution in [0.3, 0.4) is 0 Å². The smallest absolute Gasteiger partial charge is 0.306 e. The number of unbranched alkanes of at least 4 members (excludes halogenated alkanes) is 9. The van der Waals surface area contributed by atoms with Crippen molar-refractivity contribution in [2.45, 2.75) is 142 Å². The summed E-state index contributed by atoms with van der Waals surface area (Å²) >= 11 is 0. The molecule has 0 aliphatic heterocycles. The Labute approximate surface area is 323 Å². The van der Waals surface area contributed by atoms with E-state index >= 15 is 0 Å². The molecule has 0 saturated carbocycles. The maximum absolute atomic E-state index is 12.6. The maximum Gasteiger partial charge on any atom is 0.306 e. The van der Waals surface area contributed by atoms with Gasteiger partial charge in [0.2, 0.25) is 0 Å². The van der Waals surface area contributed by atoms with E-state index < -0.39 is 32.5 Å². The molecule has 0 fully saturated rings. The van der Waals surface area contributed by atoms with Crippen molar-refractivity contribution >= 4 is 19.8 Å². The summed E-state index contributed by atoms with van der Waals surface area (Å²) in [5, 5.41) is 0. The van der Waals surface area contributed by atoms with Crippen LogP contribution >= 0.6 is 7.82 Å². The van der Waals surface area contributed by atoms with Gasteiger partial charge < -0.3 is 27.9 Å². The Kier molecular flexibility index (Phi) is 33.5. The summed E-state index contributed by atoms with van der Waals surface area (Å²) in [6.45, 7) is 3.99. The molecule has 2 atom stereocenters. The zero-order valence-electron chi connectivity index (χ0n) is 33.9. The number of phosphoric ester groups is 1. The summed E-state index contributed by atoms with van der Waals surface area (Å²) in [5.41, 5.74) is 0. The molecule has 10 heteroatoms. The minimum absolute atomic E-state index is 0.0426. The first-order chi connectivity index (χ1) is 25.5. The second-order valence-corrected chi connectivity index (χ2v) is 15.7. The summed E-state index contributed by atoms with van der Waals surface area (Å²) in [6, 6.07) is 0. The van der Waals surface area contributed by atoms with E-state index in [2.05, 4.69) is 86.8 Å². The van der Waals surface area contributed by atoms with Gasteiger partial charge in [-0.1, -0.05) is 132 Å². The number of nitrogens with zero attached hydrogens (tertiary/aromatic N) is 1. The molecule has 0 saturated heterocycles. The molecule has 0 N–H and O–H groups in total. The normalized spacial score (nSPS) is 14.5. The Morgan fingerprint density at radius 1 is 0.604 bits per heavy atom. The first-order valence-electron chi connectivity index (χ1n) is 20.1. The molecule has 2 unspecified atom stereocenters. The van der Waals surface area contributed by atoms with Crippen molar-refractivity contribution < 1.29 is 42.1 Å². The third kappa shape index (κ3) is 39.0. The molecular weight excluding hydrogens is 689 g/mol. The molecule has 304 valence electrons. The highest BCUT2D eigenvalue weighted by Gasteiger charge is 2.21. The van der Waals surface area contributed by atoms with Crippen LogP contribution in [0.15, 0.2) is 72.9 Å². The van der Waals surface area contributed by atoms with E-state index in [0.29, 0.717) is 17.4 Å². The highest BCUT2D eigenvalue weighted by Crippen LogP contribution is 2.38. The van der Waals surface area contributed by atoms with E-state index in [9.17, 15) is 19.0 Å². The van der Waals surface area contributed by atoms with Crippen LogP contribution in [0.25, 0.3) is 0 Å². The van der Waals surface area contributed by atoms with E-state index in [0.717, 1.165) is 77.0 Å². The number of quaternary nitrogens is 1. The van der Waals surface area contributed by atoms with E-state index in [-0.39, 0.29) is 26.1 Å². The molecule has 0 rings (SSSR count). The number of hydrogen-bond acceptors (Lipinski definition) is 8. The summed E-state index contributed by atoms with van der Waals surface area (Å²) < 4.78 is 33.7. The average molecular weight is 764 g/mol. The third-order valence-electron chi connectivity index (χ3n) is 7.99. The molecule has 0 heterocycles. The molecule has 0 spiro atoms. The average Bonchev–Trinajstić information content (AvgIpc) is 3.10. The van der Waals surface area contributed by atoms with Gasteiger partial charge in [0.25, 0.3) is 7.82 Å². The van der Waals surface area contributed by atoms with Crippen LogP contribution in [-0.2, 0) is 32.7 Å². The zero-order chi connectivity index (χ0) is 39.3. The number of esters is 2. The van der Waals surface area contributed by atoms with Crippen LogP contribution in [0.1, 0.15) is 136 Å². The quantitative estimate of drug-likeness (QED) is 0.0206. The number of carbonyl (C=O) groups is 2. The van der Waals surface area contributed by atoms with Gasteiger partial charge in [0.15, 0.2) is 6.10 Å². The molecular formula is C43H74NO8P. The van der Waals surface area contributed by atoms with Gasteiger partial charge in [0, 0.05) is 12.8 Å². The number of hydrogen-bond donors (Lipinski definition) is 0. The zero-order valence-corrected chi connectivity index (χ0v) is 34.8. The van der Waals surface area contributed by atoms with Crippen molar-refractivity contribution in [3.8, 4) is 0 Å². The number of phosphoric acid groups is 1. The first-order valence-corrected chi connectivity index (χ1v) is 21.6. The molecule has 0 aromatic rings. The summed E-state index contributed by atoms with van der Waals surface area (Å²) in [5.74, 6) is -0.898. The molecule has 0 aromatic heterocycles. The largest absolute Gasteiger partial charge is 0.756 e. The molecule has 9 nitrogen and oxygen atoms in total. The van der Waals surface area contributed by atoms with Gasteiger partial charge >= 0.3 is 11.9 Å². The summed E-state index contributed by atoms with van der Waals surface area (Å²) in [7, 11) is 1.12. The van der Waals surface area contributed by atoms with E-state index in [1.807, 2.05) is 21.1 Å². The van der Waals surface area contributed by atoms with Gasteiger partial charge in [-0.25, -0.2) is 0 Å². The highest BCUT2D eigenvalue weighted by molar-refractivity contribution is 7.45. The fourth-order valence-electron chi connectivity index (χ4n) is 4.83. The number of carbonyl (C=O) groups excluding carboxylic acids is 2. The lowest BCUT2D eigenvalue weighted by Crippen LogP contribution is -2.37. The van der Waals surface area contributed by atoms with Crippen LogP contribution in [0.4, 0.5) is 0 Å². The van der Waals surface area contributed by atoms with Crippen molar-refractivity contribution in [1.82, 2.24) is 0 Å². The number of likely N-dealkylation sites (N-methyl/N-ethyl adjacent to an activating group) is 1. The highest BCUT2D eigenvalue weighted by atomic mass is 31.2. The maximum atomic E-state index is 12.6. The van der Waals surface area contributed by atoms with Gasteiger partial charge in [0.1, 0.15) is 19.8 Å². The predicted octanol–water partition coefficient (Wildman–Crippen LogP) is 10.4. The number of allylic oxidation sites excluding steroid dienone is 12. The van der Waals surface area contributed by atoms with Crippen molar-refractivity contribution in [3.05, 3.63) is 72.9 Å². The molecule has 0 radical (unpaired) electrons. The Balaban J connectivity index is 4.45. The summed E-state index contributed by atoms with van der Waals surface area (Å²) in [4.78, 5) is 37.3. The monoisotopic (exact) mass is 764 g/mol. The molecule has 53 heavy (non-hydrogen) atoms. The van der Waals surface area contributed by atoms with Crippen molar-refractivity contribution in [2.24, 2.45) is 0 Å². The Morgan fingerprint density at radius 2 is 1.08 bits per heavy atom. The molecule has 0 aliphatic rings. The van der Waals surface area contributed by atoms with Crippen molar-refractivity contribution in [3.63, 3.8) is 0 Å². The van der Waals surface area contributed by atoms with Gasteiger partial charge in [-0.15, -0.1) is 0 Å². The third-order valence-corrected chi connectivity index (χ3v) is 8.96. The van der Waals surface area contributed by atoms with Crippen LogP contribution < -0.4 is 4.89 Å². The number of ether oxygens (including phenoxy) is 2. The van der Waals surface area contributed by atoms with E-state index in [1.165, 1.54) is 25.7 Å². The topological polar surface area (TPSA) is 111 Å². The Bertz CT molecular complexity index is 1140. The van der Waals surface area contributed by atoms with Crippen LogP contribution in [0.5, 0.6) is 0 Å². The van der Waals surface area contributed by atoms with E-state index in [1.54, 1.807) is 0 Å². The van der Waals surface area contributed by atoms with Gasteiger partial charge in [-0.3, -0.25) is 14.2 Å². The lowest BCUT2D eigenvalue weighted by Gasteiger charge is -2.28. The van der Waals surface area contributed by atoms with Gasteiger partial charge in [-0.2, -0.15) is 0 Å². The lowest BCUT2D eigenvalue weighted by atomic mass is 10.1. The Hall–Kier alpha value is -2.55. The summed E-state index contributed by atoms with van der Waals surface area (Å²) in [6.07, 6.45) is 42.3. The second kappa shape index (κ2) is 35.2. The van der Waals surface area contributed by atoms with Gasteiger partial charge in [-0.05, 0) is 64.2 Å². The lowest BCUT2D eigenvalue weighted by molar-refractivity contribution is -0.870.